The first-order chi connectivity index (χ1) is 14.1. The molecule has 1 spiro atoms. The fourth-order valence-corrected chi connectivity index (χ4v) is 5.41. The molecule has 1 saturated carbocycles. The predicted molar refractivity (Wildman–Crippen MR) is 112 cm³/mol. The maximum absolute atomic E-state index is 13.2. The number of nitrogens with zero attached hydrogens (tertiary/aromatic N) is 3. The van der Waals surface area contributed by atoms with Gasteiger partial charge in [-0.05, 0) is 43.7 Å². The molecule has 0 unspecified atom stereocenters. The lowest BCUT2D eigenvalue weighted by Gasteiger charge is -2.38. The molecule has 0 atom stereocenters. The van der Waals surface area contributed by atoms with Gasteiger partial charge in [-0.15, -0.1) is 0 Å². The van der Waals surface area contributed by atoms with Crippen LogP contribution < -0.4 is 10.2 Å². The van der Waals surface area contributed by atoms with Gasteiger partial charge in [-0.2, -0.15) is 5.10 Å². The van der Waals surface area contributed by atoms with Gasteiger partial charge < -0.3 is 10.2 Å². The van der Waals surface area contributed by atoms with E-state index in [4.69, 9.17) is 11.6 Å². The average Bonchev–Trinajstić information content (AvgIpc) is 3.28. The summed E-state index contributed by atoms with van der Waals surface area (Å²) in [4.78, 5) is 29.6. The Balaban J connectivity index is 1.31. The van der Waals surface area contributed by atoms with Gasteiger partial charge >= 0.3 is 6.03 Å². The van der Waals surface area contributed by atoms with E-state index in [0.29, 0.717) is 43.4 Å². The number of anilines is 1. The Morgan fingerprint density at radius 1 is 1.14 bits per heavy atom. The van der Waals surface area contributed by atoms with Gasteiger partial charge in [0.25, 0.3) is 5.91 Å². The Morgan fingerprint density at radius 2 is 1.90 bits per heavy atom. The Kier molecular flexibility index (Phi) is 4.65. The second kappa shape index (κ2) is 7.20. The highest BCUT2D eigenvalue weighted by Crippen LogP contribution is 2.36. The summed E-state index contributed by atoms with van der Waals surface area (Å²) in [6.45, 7) is 1.94. The number of halogens is 1. The van der Waals surface area contributed by atoms with Crippen LogP contribution in [0.3, 0.4) is 0 Å². The Morgan fingerprint density at radius 3 is 2.66 bits per heavy atom. The molecule has 3 aliphatic rings. The number of imide groups is 1. The zero-order valence-electron chi connectivity index (χ0n) is 16.4. The molecule has 8 heteroatoms. The summed E-state index contributed by atoms with van der Waals surface area (Å²) in [6.07, 6.45) is 8.92. The van der Waals surface area contributed by atoms with Gasteiger partial charge in [-0.25, -0.2) is 4.79 Å². The highest BCUT2D eigenvalue weighted by atomic mass is 35.5. The van der Waals surface area contributed by atoms with Crippen molar-refractivity contribution in [2.24, 2.45) is 5.92 Å². The first-order valence-electron chi connectivity index (χ1n) is 10.6. The van der Waals surface area contributed by atoms with E-state index in [0.717, 1.165) is 29.4 Å². The molecule has 1 aromatic heterocycles. The van der Waals surface area contributed by atoms with Crippen molar-refractivity contribution in [2.45, 2.75) is 50.5 Å². The molecule has 2 aliphatic heterocycles. The molecule has 1 aromatic carbocycles. The number of fused-ring (bicyclic) bond motifs is 1. The minimum Gasteiger partial charge on any atom is -0.371 e. The Bertz CT molecular complexity index is 944. The topological polar surface area (TPSA) is 81.3 Å². The van der Waals surface area contributed by atoms with E-state index in [1.54, 1.807) is 6.20 Å². The Labute approximate surface area is 174 Å². The predicted octanol–water partition coefficient (Wildman–Crippen LogP) is 3.69. The SMILES string of the molecule is O=C1NC2(CCN(c3cc(Cl)cc4[nH]ncc34)CC2)C(=O)N1CC1CCCCC1. The number of rotatable bonds is 3. The molecule has 3 fully saturated rings. The maximum atomic E-state index is 13.2. The third-order valence-electron chi connectivity index (χ3n) is 6.87. The van der Waals surface area contributed by atoms with Gasteiger partial charge in [0.05, 0.1) is 11.7 Å². The summed E-state index contributed by atoms with van der Waals surface area (Å²) in [5.41, 5.74) is 1.17. The zero-order valence-corrected chi connectivity index (χ0v) is 17.2. The van der Waals surface area contributed by atoms with E-state index in [2.05, 4.69) is 20.4 Å². The van der Waals surface area contributed by atoms with Crippen LogP contribution in [0.25, 0.3) is 10.9 Å². The number of carbonyl (C=O) groups is 2. The summed E-state index contributed by atoms with van der Waals surface area (Å²) in [5, 5.41) is 11.8. The molecule has 3 amide bonds. The largest absolute Gasteiger partial charge is 0.371 e. The summed E-state index contributed by atoms with van der Waals surface area (Å²) < 4.78 is 0. The molecule has 29 heavy (non-hydrogen) atoms. The van der Waals surface area contributed by atoms with Crippen LogP contribution in [0.2, 0.25) is 5.02 Å². The van der Waals surface area contributed by atoms with Crippen molar-refractivity contribution < 1.29 is 9.59 Å². The van der Waals surface area contributed by atoms with Crippen LogP contribution in [0.1, 0.15) is 44.9 Å². The quantitative estimate of drug-likeness (QED) is 0.749. The second-order valence-electron chi connectivity index (χ2n) is 8.68. The van der Waals surface area contributed by atoms with Crippen LogP contribution in [0, 0.1) is 5.92 Å². The number of hydrogen-bond acceptors (Lipinski definition) is 4. The van der Waals surface area contributed by atoms with E-state index in [1.807, 2.05) is 12.1 Å². The van der Waals surface area contributed by atoms with Crippen molar-refractivity contribution in [1.82, 2.24) is 20.4 Å². The molecule has 0 radical (unpaired) electrons. The molecule has 2 N–H and O–H groups in total. The van der Waals surface area contributed by atoms with Gasteiger partial charge in [0.15, 0.2) is 0 Å². The monoisotopic (exact) mass is 415 g/mol. The van der Waals surface area contributed by atoms with Crippen molar-refractivity contribution in [1.29, 1.82) is 0 Å². The van der Waals surface area contributed by atoms with Crippen molar-refractivity contribution >= 4 is 40.1 Å². The molecule has 2 saturated heterocycles. The number of carbonyl (C=O) groups excluding carboxylic acids is 2. The van der Waals surface area contributed by atoms with Gasteiger partial charge in [-0.1, -0.05) is 30.9 Å². The first kappa shape index (κ1) is 18.7. The van der Waals surface area contributed by atoms with Crippen molar-refractivity contribution in [3.63, 3.8) is 0 Å². The number of hydrogen-bond donors (Lipinski definition) is 2. The molecular weight excluding hydrogens is 390 g/mol. The summed E-state index contributed by atoms with van der Waals surface area (Å²) in [7, 11) is 0. The fourth-order valence-electron chi connectivity index (χ4n) is 5.20. The summed E-state index contributed by atoms with van der Waals surface area (Å²) >= 11 is 6.28. The number of benzene rings is 1. The highest BCUT2D eigenvalue weighted by molar-refractivity contribution is 6.31. The number of urea groups is 1. The second-order valence-corrected chi connectivity index (χ2v) is 9.11. The van der Waals surface area contributed by atoms with Crippen LogP contribution >= 0.6 is 11.6 Å². The lowest BCUT2D eigenvalue weighted by molar-refractivity contribution is -0.132. The smallest absolute Gasteiger partial charge is 0.325 e. The third kappa shape index (κ3) is 3.25. The average molecular weight is 416 g/mol. The van der Waals surface area contributed by atoms with Crippen LogP contribution in [0.5, 0.6) is 0 Å². The van der Waals surface area contributed by atoms with Crippen LogP contribution in [-0.2, 0) is 4.79 Å². The zero-order chi connectivity index (χ0) is 20.0. The number of amides is 3. The van der Waals surface area contributed by atoms with Crippen LogP contribution in [-0.4, -0.2) is 52.2 Å². The number of aromatic nitrogens is 2. The van der Waals surface area contributed by atoms with Crippen LogP contribution in [0.15, 0.2) is 18.3 Å². The fraction of sp³-hybridized carbons (Fsp3) is 0.571. The third-order valence-corrected chi connectivity index (χ3v) is 7.09. The highest BCUT2D eigenvalue weighted by Gasteiger charge is 2.52. The molecule has 154 valence electrons. The number of piperidine rings is 1. The molecule has 1 aliphatic carbocycles. The normalized spacial score (nSPS) is 22.7. The van der Waals surface area contributed by atoms with E-state index in [9.17, 15) is 9.59 Å². The molecule has 5 rings (SSSR count). The van der Waals surface area contributed by atoms with E-state index in [1.165, 1.54) is 24.2 Å². The molecular formula is C21H26ClN5O2. The van der Waals surface area contributed by atoms with E-state index in [-0.39, 0.29) is 11.9 Å². The van der Waals surface area contributed by atoms with E-state index >= 15 is 0 Å². The van der Waals surface area contributed by atoms with Gasteiger partial charge in [0.2, 0.25) is 0 Å². The maximum Gasteiger partial charge on any atom is 0.325 e. The minimum absolute atomic E-state index is 0.0349. The number of aromatic amines is 1. The van der Waals surface area contributed by atoms with Crippen molar-refractivity contribution in [3.05, 3.63) is 23.4 Å². The minimum atomic E-state index is -0.754. The number of nitrogens with one attached hydrogen (secondary N) is 2. The van der Waals surface area contributed by atoms with Crippen LogP contribution in [0.4, 0.5) is 10.5 Å². The molecule has 3 heterocycles. The van der Waals surface area contributed by atoms with E-state index < -0.39 is 5.54 Å². The van der Waals surface area contributed by atoms with Gasteiger partial charge in [0, 0.05) is 35.7 Å². The standard InChI is InChI=1S/C21H26ClN5O2/c22-15-10-17-16(12-23-25-17)18(11-15)26-8-6-21(7-9-26)19(28)27(20(29)24-21)13-14-4-2-1-3-5-14/h10-12,14H,1-9,13H2,(H,23,25)(H,24,29). The van der Waals surface area contributed by atoms with Crippen molar-refractivity contribution in [3.8, 4) is 0 Å². The molecule has 2 aromatic rings. The lowest BCUT2D eigenvalue weighted by Crippen LogP contribution is -2.55. The first-order valence-corrected chi connectivity index (χ1v) is 11.0. The lowest BCUT2D eigenvalue weighted by atomic mass is 9.86. The van der Waals surface area contributed by atoms with Gasteiger partial charge in [0.1, 0.15) is 5.54 Å². The summed E-state index contributed by atoms with van der Waals surface area (Å²) in [6, 6.07) is 3.60. The summed E-state index contributed by atoms with van der Waals surface area (Å²) in [5.74, 6) is 0.418. The number of H-pyrrole nitrogens is 1. The van der Waals surface area contributed by atoms with Gasteiger partial charge in [-0.3, -0.25) is 14.8 Å². The molecule has 7 nitrogen and oxygen atoms in total. The van der Waals surface area contributed by atoms with Crippen molar-refractivity contribution in [2.75, 3.05) is 24.5 Å². The molecule has 0 bridgehead atoms. The Hall–Kier alpha value is -2.28.